The summed E-state index contributed by atoms with van der Waals surface area (Å²) in [7, 11) is 0. The van der Waals surface area contributed by atoms with Crippen molar-refractivity contribution in [1.29, 1.82) is 0 Å². The minimum Gasteiger partial charge on any atom is -0.491 e. The van der Waals surface area contributed by atoms with Crippen LogP contribution in [0.4, 0.5) is 0 Å². The second-order valence-electron chi connectivity index (χ2n) is 4.59. The van der Waals surface area contributed by atoms with E-state index in [0.717, 1.165) is 11.3 Å². The monoisotopic (exact) mass is 283 g/mol. The zero-order valence-electron chi connectivity index (χ0n) is 12.1. The first kappa shape index (κ1) is 15.3. The Bertz CT molecular complexity index is 552. The molecule has 0 amide bonds. The molecular weight excluding hydrogens is 262 g/mol. The molecule has 0 unspecified atom stereocenters. The lowest BCUT2D eigenvalue weighted by atomic mass is 10.2. The molecule has 0 aromatic heterocycles. The van der Waals surface area contributed by atoms with Crippen LogP contribution in [0.5, 0.6) is 5.75 Å². The standard InChI is InChI=1S/C18H21NO2/c19-15-17-8-4-10-18(14-17)21-13-12-20-11-5-9-16-6-2-1-3-7-16/h1-10,14H,11-13,15,19H2. The van der Waals surface area contributed by atoms with Gasteiger partial charge in [0.1, 0.15) is 12.4 Å². The van der Waals surface area contributed by atoms with Gasteiger partial charge in [-0.25, -0.2) is 0 Å². The van der Waals surface area contributed by atoms with Gasteiger partial charge in [-0.15, -0.1) is 0 Å². The van der Waals surface area contributed by atoms with Crippen LogP contribution in [0, 0.1) is 0 Å². The van der Waals surface area contributed by atoms with Gasteiger partial charge < -0.3 is 15.2 Å². The van der Waals surface area contributed by atoms with Crippen molar-refractivity contribution in [1.82, 2.24) is 0 Å². The second kappa shape index (κ2) is 8.95. The molecule has 110 valence electrons. The van der Waals surface area contributed by atoms with Crippen LogP contribution in [0.1, 0.15) is 11.1 Å². The largest absolute Gasteiger partial charge is 0.491 e. The Hall–Kier alpha value is -2.10. The zero-order chi connectivity index (χ0) is 14.8. The molecule has 2 aromatic carbocycles. The summed E-state index contributed by atoms with van der Waals surface area (Å²) in [5.74, 6) is 0.835. The van der Waals surface area contributed by atoms with Crippen LogP contribution in [-0.4, -0.2) is 19.8 Å². The Morgan fingerprint density at radius 2 is 1.81 bits per heavy atom. The average molecular weight is 283 g/mol. The van der Waals surface area contributed by atoms with E-state index in [1.807, 2.05) is 54.6 Å². The third-order valence-electron chi connectivity index (χ3n) is 2.95. The first-order valence-corrected chi connectivity index (χ1v) is 7.09. The molecule has 0 aliphatic rings. The first-order valence-electron chi connectivity index (χ1n) is 7.09. The molecule has 0 heterocycles. The molecule has 0 fully saturated rings. The van der Waals surface area contributed by atoms with Crippen molar-refractivity contribution in [2.75, 3.05) is 19.8 Å². The van der Waals surface area contributed by atoms with Crippen molar-refractivity contribution in [3.63, 3.8) is 0 Å². The number of hydrogen-bond acceptors (Lipinski definition) is 3. The lowest BCUT2D eigenvalue weighted by Crippen LogP contribution is -2.07. The molecule has 0 saturated carbocycles. The van der Waals surface area contributed by atoms with Crippen LogP contribution in [0.25, 0.3) is 6.08 Å². The van der Waals surface area contributed by atoms with Crippen LogP contribution in [-0.2, 0) is 11.3 Å². The number of ether oxygens (including phenoxy) is 2. The fourth-order valence-electron chi connectivity index (χ4n) is 1.88. The van der Waals surface area contributed by atoms with Gasteiger partial charge in [0.25, 0.3) is 0 Å². The minimum atomic E-state index is 0.526. The Morgan fingerprint density at radius 1 is 0.952 bits per heavy atom. The van der Waals surface area contributed by atoms with Crippen LogP contribution in [0.3, 0.4) is 0 Å². The van der Waals surface area contributed by atoms with Gasteiger partial charge >= 0.3 is 0 Å². The SMILES string of the molecule is NCc1cccc(OCCOCC=Cc2ccccc2)c1. The van der Waals surface area contributed by atoms with Crippen LogP contribution >= 0.6 is 0 Å². The lowest BCUT2D eigenvalue weighted by Gasteiger charge is -2.07. The maximum absolute atomic E-state index is 5.61. The van der Waals surface area contributed by atoms with E-state index in [1.165, 1.54) is 5.56 Å². The number of hydrogen-bond donors (Lipinski definition) is 1. The quantitative estimate of drug-likeness (QED) is 0.756. The minimum absolute atomic E-state index is 0.526. The lowest BCUT2D eigenvalue weighted by molar-refractivity contribution is 0.121. The van der Waals surface area contributed by atoms with Crippen LogP contribution in [0.15, 0.2) is 60.7 Å². The topological polar surface area (TPSA) is 44.5 Å². The van der Waals surface area contributed by atoms with Gasteiger partial charge in [0, 0.05) is 6.54 Å². The van der Waals surface area contributed by atoms with Gasteiger partial charge in [-0.3, -0.25) is 0 Å². The molecule has 2 N–H and O–H groups in total. The van der Waals surface area contributed by atoms with Gasteiger partial charge in [0.05, 0.1) is 13.2 Å². The summed E-state index contributed by atoms with van der Waals surface area (Å²) >= 11 is 0. The molecule has 0 spiro atoms. The van der Waals surface area contributed by atoms with E-state index in [2.05, 4.69) is 12.1 Å². The molecule has 3 nitrogen and oxygen atoms in total. The summed E-state index contributed by atoms with van der Waals surface area (Å²) in [6.45, 7) is 2.21. The van der Waals surface area contributed by atoms with Gasteiger partial charge in [-0.2, -0.15) is 0 Å². The van der Waals surface area contributed by atoms with E-state index in [-0.39, 0.29) is 0 Å². The summed E-state index contributed by atoms with van der Waals surface area (Å²) in [4.78, 5) is 0. The summed E-state index contributed by atoms with van der Waals surface area (Å²) in [6.07, 6.45) is 4.05. The predicted octanol–water partition coefficient (Wildman–Crippen LogP) is 3.25. The molecular formula is C18H21NO2. The Balaban J connectivity index is 1.61. The fourth-order valence-corrected chi connectivity index (χ4v) is 1.88. The van der Waals surface area contributed by atoms with Crippen molar-refractivity contribution >= 4 is 6.08 Å². The van der Waals surface area contributed by atoms with Gasteiger partial charge in [0.2, 0.25) is 0 Å². The predicted molar refractivity (Wildman–Crippen MR) is 86.1 cm³/mol. The Kier molecular flexibility index (Phi) is 6.52. The molecule has 21 heavy (non-hydrogen) atoms. The zero-order valence-corrected chi connectivity index (χ0v) is 12.1. The molecule has 0 bridgehead atoms. The number of nitrogens with two attached hydrogens (primary N) is 1. The van der Waals surface area contributed by atoms with Gasteiger partial charge in [0.15, 0.2) is 0 Å². The highest BCUT2D eigenvalue weighted by Crippen LogP contribution is 2.12. The molecule has 0 aliphatic heterocycles. The smallest absolute Gasteiger partial charge is 0.119 e. The molecule has 0 saturated heterocycles. The number of rotatable bonds is 8. The van der Waals surface area contributed by atoms with E-state index in [9.17, 15) is 0 Å². The molecule has 0 atom stereocenters. The molecule has 3 heteroatoms. The number of benzene rings is 2. The highest BCUT2D eigenvalue weighted by Gasteiger charge is 1.95. The highest BCUT2D eigenvalue weighted by molar-refractivity contribution is 5.48. The van der Waals surface area contributed by atoms with E-state index >= 15 is 0 Å². The maximum atomic E-state index is 5.61. The maximum Gasteiger partial charge on any atom is 0.119 e. The second-order valence-corrected chi connectivity index (χ2v) is 4.59. The van der Waals surface area contributed by atoms with Gasteiger partial charge in [-0.1, -0.05) is 54.6 Å². The van der Waals surface area contributed by atoms with E-state index in [1.54, 1.807) is 0 Å². The van der Waals surface area contributed by atoms with E-state index < -0.39 is 0 Å². The molecule has 0 aliphatic carbocycles. The third kappa shape index (κ3) is 5.81. The van der Waals surface area contributed by atoms with Crippen LogP contribution < -0.4 is 10.5 Å². The third-order valence-corrected chi connectivity index (χ3v) is 2.95. The Labute approximate surface area is 126 Å². The molecule has 0 radical (unpaired) electrons. The van der Waals surface area contributed by atoms with Crippen molar-refractivity contribution < 1.29 is 9.47 Å². The summed E-state index contributed by atoms with van der Waals surface area (Å²) in [6, 6.07) is 18.0. The van der Waals surface area contributed by atoms with Gasteiger partial charge in [-0.05, 0) is 23.3 Å². The normalized spacial score (nSPS) is 10.9. The fraction of sp³-hybridized carbons (Fsp3) is 0.222. The van der Waals surface area contributed by atoms with Crippen LogP contribution in [0.2, 0.25) is 0 Å². The summed E-state index contributed by atoms with van der Waals surface area (Å²) < 4.78 is 11.1. The van der Waals surface area contributed by atoms with E-state index in [0.29, 0.717) is 26.4 Å². The Morgan fingerprint density at radius 3 is 2.62 bits per heavy atom. The average Bonchev–Trinajstić information content (AvgIpc) is 2.55. The van der Waals surface area contributed by atoms with Crippen molar-refractivity contribution in [2.24, 2.45) is 5.73 Å². The van der Waals surface area contributed by atoms with E-state index in [4.69, 9.17) is 15.2 Å². The molecule has 2 aromatic rings. The van der Waals surface area contributed by atoms with Crippen molar-refractivity contribution in [3.05, 3.63) is 71.8 Å². The summed E-state index contributed by atoms with van der Waals surface area (Å²) in [5.41, 5.74) is 7.83. The molecule has 2 rings (SSSR count). The highest BCUT2D eigenvalue weighted by atomic mass is 16.5. The first-order chi connectivity index (χ1) is 10.4. The van der Waals surface area contributed by atoms with Crippen molar-refractivity contribution in [3.8, 4) is 5.75 Å². The summed E-state index contributed by atoms with van der Waals surface area (Å²) in [5, 5.41) is 0. The van der Waals surface area contributed by atoms with Crippen molar-refractivity contribution in [2.45, 2.75) is 6.54 Å².